The Hall–Kier alpha value is -1.58. The van der Waals surface area contributed by atoms with Gasteiger partial charge in [-0.25, -0.2) is 4.98 Å². The van der Waals surface area contributed by atoms with E-state index in [0.717, 1.165) is 37.6 Å². The van der Waals surface area contributed by atoms with Gasteiger partial charge in [-0.15, -0.1) is 24.0 Å². The first-order valence-corrected chi connectivity index (χ1v) is 9.50. The maximum absolute atomic E-state index is 11.8. The van der Waals surface area contributed by atoms with Crippen LogP contribution in [0.3, 0.4) is 0 Å². The molecule has 27 heavy (non-hydrogen) atoms. The summed E-state index contributed by atoms with van der Waals surface area (Å²) >= 11 is 0. The van der Waals surface area contributed by atoms with Crippen molar-refractivity contribution in [3.63, 3.8) is 0 Å². The number of rotatable bonds is 7. The van der Waals surface area contributed by atoms with Gasteiger partial charge in [-0.2, -0.15) is 0 Å². The molecule has 1 saturated carbocycles. The van der Waals surface area contributed by atoms with Crippen LogP contribution in [0.1, 0.15) is 38.2 Å². The first-order valence-electron chi connectivity index (χ1n) is 9.50. The number of amides is 1. The monoisotopic (exact) mass is 487 g/mol. The van der Waals surface area contributed by atoms with Crippen molar-refractivity contribution in [3.8, 4) is 5.88 Å². The smallest absolute Gasteiger partial charge is 0.222 e. The van der Waals surface area contributed by atoms with Crippen LogP contribution in [-0.2, 0) is 11.3 Å². The molecule has 0 radical (unpaired) electrons. The van der Waals surface area contributed by atoms with Gasteiger partial charge in [0, 0.05) is 51.4 Å². The van der Waals surface area contributed by atoms with Crippen molar-refractivity contribution in [1.82, 2.24) is 20.5 Å². The standard InChI is InChI=1S/C19H29N5O2.HI/c1-3-18(25)24-9-7-16(12-24)23-19(20-2)22-11-15-6-8-21-17(10-15)26-13-14-4-5-14;/h6,8,10,14,16H,3-5,7,9,11-13H2,1-2H3,(H2,20,22,23);1H. The Kier molecular flexibility index (Phi) is 8.59. The SMILES string of the molecule is CCC(=O)N1CCC(NC(=NC)NCc2ccnc(OCC3CC3)c2)C1.I. The molecule has 1 amide bonds. The zero-order chi connectivity index (χ0) is 18.4. The number of hydrogen-bond acceptors (Lipinski definition) is 4. The number of guanidine groups is 1. The van der Waals surface area contributed by atoms with Crippen LogP contribution < -0.4 is 15.4 Å². The van der Waals surface area contributed by atoms with E-state index in [1.807, 2.05) is 24.0 Å². The number of aromatic nitrogens is 1. The van der Waals surface area contributed by atoms with Gasteiger partial charge in [-0.3, -0.25) is 9.79 Å². The second-order valence-corrected chi connectivity index (χ2v) is 7.01. The van der Waals surface area contributed by atoms with Gasteiger partial charge in [0.15, 0.2) is 5.96 Å². The fourth-order valence-electron chi connectivity index (χ4n) is 3.03. The fourth-order valence-corrected chi connectivity index (χ4v) is 3.03. The number of carbonyl (C=O) groups excluding carboxylic acids is 1. The zero-order valence-electron chi connectivity index (χ0n) is 16.1. The third-order valence-electron chi connectivity index (χ3n) is 4.83. The maximum Gasteiger partial charge on any atom is 0.222 e. The van der Waals surface area contributed by atoms with E-state index in [9.17, 15) is 4.79 Å². The average molecular weight is 487 g/mol. The van der Waals surface area contributed by atoms with Gasteiger partial charge in [0.1, 0.15) is 0 Å². The van der Waals surface area contributed by atoms with Crippen LogP contribution in [0.15, 0.2) is 23.3 Å². The van der Waals surface area contributed by atoms with E-state index in [1.165, 1.54) is 12.8 Å². The number of likely N-dealkylation sites (tertiary alicyclic amines) is 1. The normalized spacial score (nSPS) is 19.4. The molecule has 2 aliphatic rings. The predicted octanol–water partition coefficient (Wildman–Crippen LogP) is 2.16. The second-order valence-electron chi connectivity index (χ2n) is 7.01. The van der Waals surface area contributed by atoms with E-state index >= 15 is 0 Å². The van der Waals surface area contributed by atoms with Gasteiger partial charge in [0.05, 0.1) is 6.61 Å². The molecule has 1 aromatic heterocycles. The Morgan fingerprint density at radius 2 is 2.22 bits per heavy atom. The predicted molar refractivity (Wildman–Crippen MR) is 116 cm³/mol. The minimum Gasteiger partial charge on any atom is -0.477 e. The number of ether oxygens (including phenoxy) is 1. The molecular formula is C19H30IN5O2. The minimum absolute atomic E-state index is 0. The van der Waals surface area contributed by atoms with Gasteiger partial charge in [-0.05, 0) is 36.8 Å². The summed E-state index contributed by atoms with van der Waals surface area (Å²) in [6.45, 7) is 4.87. The maximum atomic E-state index is 11.8. The third kappa shape index (κ3) is 6.82. The molecule has 1 aromatic rings. The number of carbonyl (C=O) groups is 1. The molecule has 1 aliphatic heterocycles. The van der Waals surface area contributed by atoms with E-state index < -0.39 is 0 Å². The van der Waals surface area contributed by atoms with Crippen molar-refractivity contribution in [2.45, 2.75) is 45.2 Å². The van der Waals surface area contributed by atoms with Crippen molar-refractivity contribution in [2.24, 2.45) is 10.9 Å². The molecular weight excluding hydrogens is 457 g/mol. The topological polar surface area (TPSA) is 78.9 Å². The molecule has 2 fully saturated rings. The van der Waals surface area contributed by atoms with Crippen LogP contribution >= 0.6 is 24.0 Å². The molecule has 2 N–H and O–H groups in total. The lowest BCUT2D eigenvalue weighted by Crippen LogP contribution is -2.44. The first-order chi connectivity index (χ1) is 12.7. The van der Waals surface area contributed by atoms with E-state index in [2.05, 4.69) is 20.6 Å². The van der Waals surface area contributed by atoms with Gasteiger partial charge in [-0.1, -0.05) is 6.92 Å². The van der Waals surface area contributed by atoms with E-state index in [4.69, 9.17) is 4.74 Å². The summed E-state index contributed by atoms with van der Waals surface area (Å²) in [5, 5.41) is 6.73. The number of aliphatic imine (C=N–C) groups is 1. The summed E-state index contributed by atoms with van der Waals surface area (Å²) in [7, 11) is 1.76. The third-order valence-corrected chi connectivity index (χ3v) is 4.83. The highest BCUT2D eigenvalue weighted by Gasteiger charge is 2.25. The fraction of sp³-hybridized carbons (Fsp3) is 0.632. The molecule has 1 saturated heterocycles. The van der Waals surface area contributed by atoms with Crippen LogP contribution in [0.2, 0.25) is 0 Å². The molecule has 0 aromatic carbocycles. The van der Waals surface area contributed by atoms with Crippen LogP contribution in [0.25, 0.3) is 0 Å². The van der Waals surface area contributed by atoms with E-state index in [-0.39, 0.29) is 35.9 Å². The lowest BCUT2D eigenvalue weighted by atomic mass is 10.2. The van der Waals surface area contributed by atoms with Crippen molar-refractivity contribution in [1.29, 1.82) is 0 Å². The number of pyridine rings is 1. The van der Waals surface area contributed by atoms with Crippen molar-refractivity contribution >= 4 is 35.8 Å². The Morgan fingerprint density at radius 3 is 2.93 bits per heavy atom. The Labute approximate surface area is 178 Å². The minimum atomic E-state index is 0. The Morgan fingerprint density at radius 1 is 1.41 bits per heavy atom. The van der Waals surface area contributed by atoms with E-state index in [0.29, 0.717) is 24.8 Å². The van der Waals surface area contributed by atoms with Crippen LogP contribution in [0.4, 0.5) is 0 Å². The number of nitrogens with one attached hydrogen (secondary N) is 2. The number of hydrogen-bond donors (Lipinski definition) is 2. The molecule has 3 rings (SSSR count). The summed E-state index contributed by atoms with van der Waals surface area (Å²) < 4.78 is 5.73. The Bertz CT molecular complexity index is 651. The number of halogens is 1. The van der Waals surface area contributed by atoms with Crippen LogP contribution in [0, 0.1) is 5.92 Å². The first kappa shape index (κ1) is 21.7. The summed E-state index contributed by atoms with van der Waals surface area (Å²) in [4.78, 5) is 22.3. The summed E-state index contributed by atoms with van der Waals surface area (Å²) in [5.74, 6) is 2.36. The molecule has 0 bridgehead atoms. The van der Waals surface area contributed by atoms with Crippen LogP contribution in [-0.4, -0.2) is 54.5 Å². The highest BCUT2D eigenvalue weighted by atomic mass is 127. The van der Waals surface area contributed by atoms with Gasteiger partial charge in [0.2, 0.25) is 11.8 Å². The van der Waals surface area contributed by atoms with Crippen molar-refractivity contribution < 1.29 is 9.53 Å². The second kappa shape index (κ2) is 10.7. The molecule has 2 heterocycles. The van der Waals surface area contributed by atoms with E-state index in [1.54, 1.807) is 13.2 Å². The zero-order valence-corrected chi connectivity index (χ0v) is 18.4. The summed E-state index contributed by atoms with van der Waals surface area (Å²) in [6, 6.07) is 4.19. The van der Waals surface area contributed by atoms with Crippen molar-refractivity contribution in [2.75, 3.05) is 26.7 Å². The average Bonchev–Trinajstić information content (AvgIpc) is 3.39. The number of nitrogens with zero attached hydrogens (tertiary/aromatic N) is 3. The highest BCUT2D eigenvalue weighted by Crippen LogP contribution is 2.29. The molecule has 1 atom stereocenters. The van der Waals surface area contributed by atoms with Gasteiger partial charge in [0.25, 0.3) is 0 Å². The quantitative estimate of drug-likeness (QED) is 0.350. The molecule has 150 valence electrons. The van der Waals surface area contributed by atoms with Crippen LogP contribution in [0.5, 0.6) is 5.88 Å². The lowest BCUT2D eigenvalue weighted by molar-refractivity contribution is -0.129. The lowest BCUT2D eigenvalue weighted by Gasteiger charge is -2.18. The van der Waals surface area contributed by atoms with Gasteiger partial charge >= 0.3 is 0 Å². The Balaban J connectivity index is 0.00000261. The summed E-state index contributed by atoms with van der Waals surface area (Å²) in [6.07, 6.45) is 5.83. The molecule has 7 nitrogen and oxygen atoms in total. The highest BCUT2D eigenvalue weighted by molar-refractivity contribution is 14.0. The van der Waals surface area contributed by atoms with Gasteiger partial charge < -0.3 is 20.3 Å². The summed E-state index contributed by atoms with van der Waals surface area (Å²) in [5.41, 5.74) is 1.10. The molecule has 8 heteroatoms. The molecule has 1 unspecified atom stereocenters. The van der Waals surface area contributed by atoms with Crippen molar-refractivity contribution in [3.05, 3.63) is 23.9 Å². The largest absolute Gasteiger partial charge is 0.477 e. The molecule has 0 spiro atoms. The molecule has 1 aliphatic carbocycles.